The molecular weight excluding hydrogens is 382 g/mol. The van der Waals surface area contributed by atoms with Crippen LogP contribution in [0.2, 0.25) is 0 Å². The van der Waals surface area contributed by atoms with E-state index in [2.05, 4.69) is 20.5 Å². The molecule has 0 bridgehead atoms. The molecule has 1 spiro atoms. The average molecular weight is 405 g/mol. The second-order valence-corrected chi connectivity index (χ2v) is 8.09. The second kappa shape index (κ2) is 7.47. The van der Waals surface area contributed by atoms with Gasteiger partial charge < -0.3 is 9.88 Å². The Labute approximate surface area is 173 Å². The monoisotopic (exact) mass is 405 g/mol. The smallest absolute Gasteiger partial charge is 0.254 e. The van der Waals surface area contributed by atoms with Crippen LogP contribution in [0, 0.1) is 0 Å². The minimum absolute atomic E-state index is 0.0318. The number of nitrogens with zero attached hydrogens (tertiary/aromatic N) is 6. The molecule has 0 atom stereocenters. The number of hydrogen-bond donors (Lipinski definition) is 1. The van der Waals surface area contributed by atoms with Gasteiger partial charge in [0.2, 0.25) is 5.91 Å². The minimum atomic E-state index is -0.111. The van der Waals surface area contributed by atoms with Gasteiger partial charge in [0.25, 0.3) is 5.56 Å². The Hall–Kier alpha value is -3.36. The number of rotatable bonds is 4. The molecule has 2 aliphatic rings. The second-order valence-electron chi connectivity index (χ2n) is 8.09. The van der Waals surface area contributed by atoms with Crippen molar-refractivity contribution in [2.45, 2.75) is 44.1 Å². The van der Waals surface area contributed by atoms with Crippen molar-refractivity contribution in [2.24, 2.45) is 0 Å². The van der Waals surface area contributed by atoms with Gasteiger partial charge in [-0.25, -0.2) is 9.67 Å². The molecule has 1 amide bonds. The van der Waals surface area contributed by atoms with Crippen LogP contribution in [-0.4, -0.2) is 54.1 Å². The van der Waals surface area contributed by atoms with Crippen LogP contribution in [0.3, 0.4) is 0 Å². The Morgan fingerprint density at radius 1 is 1.13 bits per heavy atom. The summed E-state index contributed by atoms with van der Waals surface area (Å²) >= 11 is 0. The van der Waals surface area contributed by atoms with Crippen molar-refractivity contribution in [1.82, 2.24) is 35.1 Å². The summed E-state index contributed by atoms with van der Waals surface area (Å²) in [5.74, 6) is 0.739. The van der Waals surface area contributed by atoms with E-state index in [0.717, 1.165) is 42.5 Å². The summed E-state index contributed by atoms with van der Waals surface area (Å²) in [5, 5.41) is 11.0. The van der Waals surface area contributed by atoms with Gasteiger partial charge in [-0.2, -0.15) is 0 Å². The lowest BCUT2D eigenvalue weighted by atomic mass is 9.76. The molecule has 1 aliphatic heterocycles. The molecular formula is C21H23N7O2. The number of nitrogens with one attached hydrogen (secondary N) is 1. The Balaban J connectivity index is 1.33. The maximum Gasteiger partial charge on any atom is 0.254 e. The predicted octanol–water partition coefficient (Wildman–Crippen LogP) is 1.32. The van der Waals surface area contributed by atoms with Crippen molar-refractivity contribution in [3.05, 3.63) is 58.3 Å². The van der Waals surface area contributed by atoms with Crippen molar-refractivity contribution in [3.63, 3.8) is 0 Å². The fraction of sp³-hybridized carbons (Fsp3) is 0.429. The van der Waals surface area contributed by atoms with E-state index >= 15 is 0 Å². The van der Waals surface area contributed by atoms with Gasteiger partial charge >= 0.3 is 0 Å². The molecule has 1 saturated heterocycles. The van der Waals surface area contributed by atoms with Crippen molar-refractivity contribution in [2.75, 3.05) is 13.1 Å². The van der Waals surface area contributed by atoms with E-state index < -0.39 is 0 Å². The van der Waals surface area contributed by atoms with Crippen LogP contribution in [0.5, 0.6) is 0 Å². The standard InChI is InChI=1S/C21H23N7O2/c29-17(7-11-28-14-22-25-26-28)27-12-9-21(10-13-27)8-6-16-18(21)23-19(24-20(16)30)15-4-2-1-3-5-15/h1-5,14H,6-13H2,(H,23,24,30). The number of aromatic nitrogens is 6. The molecule has 9 nitrogen and oxygen atoms in total. The molecule has 0 unspecified atom stereocenters. The predicted molar refractivity (Wildman–Crippen MR) is 109 cm³/mol. The van der Waals surface area contributed by atoms with Crippen molar-refractivity contribution in [1.29, 1.82) is 0 Å². The zero-order chi connectivity index (χ0) is 20.6. The van der Waals surface area contributed by atoms with Gasteiger partial charge in [0, 0.05) is 36.1 Å². The van der Waals surface area contributed by atoms with Gasteiger partial charge in [0.05, 0.1) is 12.2 Å². The molecule has 9 heteroatoms. The van der Waals surface area contributed by atoms with Gasteiger partial charge in [-0.1, -0.05) is 30.3 Å². The lowest BCUT2D eigenvalue weighted by Crippen LogP contribution is -2.45. The molecule has 3 heterocycles. The Bertz CT molecular complexity index is 1100. The summed E-state index contributed by atoms with van der Waals surface area (Å²) in [6.07, 6.45) is 5.23. The van der Waals surface area contributed by atoms with Gasteiger partial charge in [0.1, 0.15) is 12.2 Å². The molecule has 1 aliphatic carbocycles. The van der Waals surface area contributed by atoms with Gasteiger partial charge in [-0.15, -0.1) is 5.10 Å². The van der Waals surface area contributed by atoms with Crippen molar-refractivity contribution < 1.29 is 4.79 Å². The summed E-state index contributed by atoms with van der Waals surface area (Å²) in [5.41, 5.74) is 2.52. The largest absolute Gasteiger partial charge is 0.343 e. The van der Waals surface area contributed by atoms with Crippen LogP contribution >= 0.6 is 0 Å². The molecule has 3 aromatic rings. The first kappa shape index (κ1) is 18.7. The van der Waals surface area contributed by atoms with E-state index in [4.69, 9.17) is 4.98 Å². The fourth-order valence-corrected chi connectivity index (χ4v) is 4.71. The van der Waals surface area contributed by atoms with E-state index in [1.165, 1.54) is 6.33 Å². The molecule has 0 saturated carbocycles. The quantitative estimate of drug-likeness (QED) is 0.701. The summed E-state index contributed by atoms with van der Waals surface area (Å²) in [6, 6.07) is 9.74. The molecule has 1 aromatic carbocycles. The lowest BCUT2D eigenvalue weighted by molar-refractivity contribution is -0.133. The van der Waals surface area contributed by atoms with E-state index in [0.29, 0.717) is 31.9 Å². The number of amides is 1. The number of carbonyl (C=O) groups is 1. The van der Waals surface area contributed by atoms with Gasteiger partial charge in [0.15, 0.2) is 0 Å². The number of carbonyl (C=O) groups excluding carboxylic acids is 1. The summed E-state index contributed by atoms with van der Waals surface area (Å²) in [4.78, 5) is 35.1. The summed E-state index contributed by atoms with van der Waals surface area (Å²) in [6.45, 7) is 1.85. The van der Waals surface area contributed by atoms with Gasteiger partial charge in [-0.3, -0.25) is 9.59 Å². The zero-order valence-electron chi connectivity index (χ0n) is 16.6. The van der Waals surface area contributed by atoms with E-state index in [-0.39, 0.29) is 16.9 Å². The van der Waals surface area contributed by atoms with E-state index in [1.807, 2.05) is 35.2 Å². The van der Waals surface area contributed by atoms with Crippen LogP contribution in [0.1, 0.15) is 36.9 Å². The molecule has 1 fully saturated rings. The van der Waals surface area contributed by atoms with Crippen molar-refractivity contribution >= 4 is 5.91 Å². The number of piperidine rings is 1. The van der Waals surface area contributed by atoms with Crippen molar-refractivity contribution in [3.8, 4) is 11.4 Å². The molecule has 5 rings (SSSR count). The first-order chi connectivity index (χ1) is 14.6. The third-order valence-corrected chi connectivity index (χ3v) is 6.44. The molecule has 0 radical (unpaired) electrons. The molecule has 2 aromatic heterocycles. The number of fused-ring (bicyclic) bond motifs is 2. The highest BCUT2D eigenvalue weighted by Crippen LogP contribution is 2.44. The zero-order valence-corrected chi connectivity index (χ0v) is 16.6. The van der Waals surface area contributed by atoms with Crippen LogP contribution in [0.15, 0.2) is 41.5 Å². The average Bonchev–Trinajstić information content (AvgIpc) is 3.42. The Kier molecular flexibility index (Phi) is 4.65. The highest BCUT2D eigenvalue weighted by molar-refractivity contribution is 5.76. The highest BCUT2D eigenvalue weighted by atomic mass is 16.2. The number of benzene rings is 1. The number of hydrogen-bond acceptors (Lipinski definition) is 6. The maximum atomic E-state index is 12.7. The van der Waals surface area contributed by atoms with Gasteiger partial charge in [-0.05, 0) is 36.1 Å². The third kappa shape index (κ3) is 3.30. The Morgan fingerprint density at radius 3 is 2.67 bits per heavy atom. The topological polar surface area (TPSA) is 110 Å². The van der Waals surface area contributed by atoms with Crippen LogP contribution in [0.25, 0.3) is 11.4 Å². The summed E-state index contributed by atoms with van der Waals surface area (Å²) < 4.78 is 1.57. The third-order valence-electron chi connectivity index (χ3n) is 6.44. The van der Waals surface area contributed by atoms with E-state index in [1.54, 1.807) is 4.68 Å². The van der Waals surface area contributed by atoms with Crippen LogP contribution < -0.4 is 5.56 Å². The summed E-state index contributed by atoms with van der Waals surface area (Å²) in [7, 11) is 0. The number of likely N-dealkylation sites (tertiary alicyclic amines) is 1. The lowest BCUT2D eigenvalue weighted by Gasteiger charge is -2.39. The Morgan fingerprint density at radius 2 is 1.93 bits per heavy atom. The number of aromatic amines is 1. The van der Waals surface area contributed by atoms with Crippen LogP contribution in [0.4, 0.5) is 0 Å². The fourth-order valence-electron chi connectivity index (χ4n) is 4.71. The molecule has 1 N–H and O–H groups in total. The molecule has 30 heavy (non-hydrogen) atoms. The number of tetrazole rings is 1. The maximum absolute atomic E-state index is 12.7. The van der Waals surface area contributed by atoms with Crippen LogP contribution in [-0.2, 0) is 23.2 Å². The normalized spacial score (nSPS) is 17.3. The molecule has 154 valence electrons. The highest BCUT2D eigenvalue weighted by Gasteiger charge is 2.44. The first-order valence-corrected chi connectivity index (χ1v) is 10.3. The first-order valence-electron chi connectivity index (χ1n) is 10.3. The number of aryl methyl sites for hydroxylation is 1. The SMILES string of the molecule is O=C(CCn1cnnn1)N1CCC2(CCc3c2nc(-c2ccccc2)[nH]c3=O)CC1. The minimum Gasteiger partial charge on any atom is -0.343 e. The number of H-pyrrole nitrogens is 1. The van der Waals surface area contributed by atoms with E-state index in [9.17, 15) is 9.59 Å².